The van der Waals surface area contributed by atoms with E-state index in [2.05, 4.69) is 9.71 Å². The van der Waals surface area contributed by atoms with Crippen molar-refractivity contribution in [2.24, 2.45) is 0 Å². The number of nitrogens with zero attached hydrogens (tertiary/aromatic N) is 2. The number of nitrogens with one attached hydrogen (secondary N) is 1. The summed E-state index contributed by atoms with van der Waals surface area (Å²) in [5.74, 6) is -0.223. The highest BCUT2D eigenvalue weighted by Crippen LogP contribution is 2.23. The molecule has 0 aliphatic carbocycles. The predicted octanol–water partition coefficient (Wildman–Crippen LogP) is 0.348. The monoisotopic (exact) mass is 314 g/mol. The molecule has 1 aliphatic heterocycles. The zero-order valence-electron chi connectivity index (χ0n) is 11.7. The number of aromatic nitrogens is 1. The molecule has 8 nitrogen and oxygen atoms in total. The molecule has 1 aliphatic rings. The SMILES string of the molecule is CCOC(=O)C1CCCN1S(=O)(=O)Nc1ccc(N)nc1. The molecule has 1 saturated heterocycles. The maximum atomic E-state index is 12.4. The Balaban J connectivity index is 2.14. The Hall–Kier alpha value is -1.87. The first-order valence-electron chi connectivity index (χ1n) is 6.62. The van der Waals surface area contributed by atoms with Crippen LogP contribution in [0.25, 0.3) is 0 Å². The van der Waals surface area contributed by atoms with Gasteiger partial charge in [-0.1, -0.05) is 0 Å². The second kappa shape index (κ2) is 6.27. The standard InChI is InChI=1S/C12H18N4O4S/c1-2-20-12(17)10-4-3-7-16(10)21(18,19)15-9-5-6-11(13)14-8-9/h5-6,8,10,15H,2-4,7H2,1H3,(H2,13,14). The third kappa shape index (κ3) is 3.61. The zero-order chi connectivity index (χ0) is 15.5. The molecular weight excluding hydrogens is 296 g/mol. The zero-order valence-corrected chi connectivity index (χ0v) is 12.5. The largest absolute Gasteiger partial charge is 0.465 e. The number of anilines is 2. The fourth-order valence-electron chi connectivity index (χ4n) is 2.18. The van der Waals surface area contributed by atoms with E-state index >= 15 is 0 Å². The van der Waals surface area contributed by atoms with E-state index in [4.69, 9.17) is 10.5 Å². The number of esters is 1. The topological polar surface area (TPSA) is 115 Å². The molecule has 0 bridgehead atoms. The van der Waals surface area contributed by atoms with Crippen LogP contribution >= 0.6 is 0 Å². The number of ether oxygens (including phenoxy) is 1. The van der Waals surface area contributed by atoms with Crippen LogP contribution in [0, 0.1) is 0 Å². The minimum absolute atomic E-state index is 0.221. The summed E-state index contributed by atoms with van der Waals surface area (Å²) in [6, 6.07) is 2.23. The van der Waals surface area contributed by atoms with Crippen molar-refractivity contribution in [2.75, 3.05) is 23.6 Å². The molecule has 21 heavy (non-hydrogen) atoms. The van der Waals surface area contributed by atoms with Gasteiger partial charge in [0.25, 0.3) is 0 Å². The molecule has 0 aromatic carbocycles. The van der Waals surface area contributed by atoms with Gasteiger partial charge in [-0.25, -0.2) is 4.98 Å². The molecule has 0 amide bonds. The Labute approximate surface area is 123 Å². The molecule has 1 unspecified atom stereocenters. The molecule has 116 valence electrons. The molecule has 2 heterocycles. The van der Waals surface area contributed by atoms with Gasteiger partial charge in [-0.3, -0.25) is 9.52 Å². The number of hydrogen-bond acceptors (Lipinski definition) is 6. The summed E-state index contributed by atoms with van der Waals surface area (Å²) >= 11 is 0. The molecule has 2 rings (SSSR count). The van der Waals surface area contributed by atoms with Crippen molar-refractivity contribution in [1.82, 2.24) is 9.29 Å². The summed E-state index contributed by atoms with van der Waals surface area (Å²) in [6.45, 7) is 2.18. The Morgan fingerprint density at radius 3 is 2.95 bits per heavy atom. The van der Waals surface area contributed by atoms with Crippen molar-refractivity contribution in [2.45, 2.75) is 25.8 Å². The number of nitrogens with two attached hydrogens (primary N) is 1. The highest BCUT2D eigenvalue weighted by atomic mass is 32.2. The fraction of sp³-hybridized carbons (Fsp3) is 0.500. The smallest absolute Gasteiger partial charge is 0.324 e. The Morgan fingerprint density at radius 1 is 1.57 bits per heavy atom. The average molecular weight is 314 g/mol. The van der Waals surface area contributed by atoms with Gasteiger partial charge in [0.05, 0.1) is 18.5 Å². The van der Waals surface area contributed by atoms with Crippen LogP contribution in [0.3, 0.4) is 0 Å². The van der Waals surface area contributed by atoms with E-state index in [0.717, 1.165) is 4.31 Å². The first-order chi connectivity index (χ1) is 9.94. The molecule has 9 heteroatoms. The predicted molar refractivity (Wildman–Crippen MR) is 77.6 cm³/mol. The second-order valence-electron chi connectivity index (χ2n) is 4.60. The van der Waals surface area contributed by atoms with E-state index in [-0.39, 0.29) is 13.2 Å². The second-order valence-corrected chi connectivity index (χ2v) is 6.22. The summed E-state index contributed by atoms with van der Waals surface area (Å²) < 4.78 is 33.1. The lowest BCUT2D eigenvalue weighted by Gasteiger charge is -2.23. The number of rotatable bonds is 5. The Kier molecular flexibility index (Phi) is 4.63. The summed E-state index contributed by atoms with van der Waals surface area (Å²) in [4.78, 5) is 15.6. The van der Waals surface area contributed by atoms with E-state index in [0.29, 0.717) is 24.3 Å². The number of carbonyl (C=O) groups excluding carboxylic acids is 1. The molecular formula is C12H18N4O4S. The summed E-state index contributed by atoms with van der Waals surface area (Å²) in [7, 11) is -3.84. The lowest BCUT2D eigenvalue weighted by molar-refractivity contribution is -0.146. The van der Waals surface area contributed by atoms with Gasteiger partial charge >= 0.3 is 16.2 Å². The Morgan fingerprint density at radius 2 is 2.33 bits per heavy atom. The first-order valence-corrected chi connectivity index (χ1v) is 8.06. The van der Waals surface area contributed by atoms with Gasteiger partial charge in [0.2, 0.25) is 0 Å². The van der Waals surface area contributed by atoms with Crippen molar-refractivity contribution >= 4 is 27.7 Å². The lowest BCUT2D eigenvalue weighted by atomic mass is 10.2. The number of hydrogen-bond donors (Lipinski definition) is 2. The minimum atomic E-state index is -3.84. The maximum Gasteiger partial charge on any atom is 0.324 e. The van der Waals surface area contributed by atoms with Crippen LogP contribution in [0.2, 0.25) is 0 Å². The van der Waals surface area contributed by atoms with Crippen LogP contribution in [-0.4, -0.2) is 42.9 Å². The molecule has 1 atom stereocenters. The number of pyridine rings is 1. The normalized spacial score (nSPS) is 19.4. The van der Waals surface area contributed by atoms with Gasteiger partial charge in [-0.05, 0) is 31.9 Å². The first kappa shape index (κ1) is 15.5. The fourth-order valence-corrected chi connectivity index (χ4v) is 3.61. The highest BCUT2D eigenvalue weighted by Gasteiger charge is 2.39. The van der Waals surface area contributed by atoms with E-state index in [9.17, 15) is 13.2 Å². The van der Waals surface area contributed by atoms with Gasteiger partial charge < -0.3 is 10.5 Å². The summed E-state index contributed by atoms with van der Waals surface area (Å²) in [5.41, 5.74) is 5.74. The third-order valence-electron chi connectivity index (χ3n) is 3.10. The van der Waals surface area contributed by atoms with Crippen LogP contribution < -0.4 is 10.5 Å². The summed E-state index contributed by atoms with van der Waals surface area (Å²) in [5, 5.41) is 0. The van der Waals surface area contributed by atoms with Crippen LogP contribution in [0.1, 0.15) is 19.8 Å². The lowest BCUT2D eigenvalue weighted by Crippen LogP contribution is -2.44. The molecule has 0 radical (unpaired) electrons. The molecule has 1 fully saturated rings. The van der Waals surface area contributed by atoms with Crippen LogP contribution in [0.5, 0.6) is 0 Å². The van der Waals surface area contributed by atoms with Crippen LogP contribution in [0.4, 0.5) is 11.5 Å². The van der Waals surface area contributed by atoms with Gasteiger partial charge in [-0.2, -0.15) is 12.7 Å². The average Bonchev–Trinajstić information content (AvgIpc) is 2.92. The maximum absolute atomic E-state index is 12.4. The molecule has 0 spiro atoms. The third-order valence-corrected chi connectivity index (χ3v) is 4.65. The van der Waals surface area contributed by atoms with Crippen molar-refractivity contribution in [3.8, 4) is 0 Å². The van der Waals surface area contributed by atoms with E-state index in [1.165, 1.54) is 18.3 Å². The van der Waals surface area contributed by atoms with Crippen molar-refractivity contribution in [3.05, 3.63) is 18.3 Å². The van der Waals surface area contributed by atoms with Gasteiger partial charge in [-0.15, -0.1) is 0 Å². The minimum Gasteiger partial charge on any atom is -0.465 e. The molecule has 3 N–H and O–H groups in total. The van der Waals surface area contributed by atoms with Crippen LogP contribution in [0.15, 0.2) is 18.3 Å². The van der Waals surface area contributed by atoms with Gasteiger partial charge in [0.1, 0.15) is 11.9 Å². The highest BCUT2D eigenvalue weighted by molar-refractivity contribution is 7.90. The van der Waals surface area contributed by atoms with Crippen molar-refractivity contribution in [3.63, 3.8) is 0 Å². The quantitative estimate of drug-likeness (QED) is 0.758. The van der Waals surface area contributed by atoms with E-state index < -0.39 is 22.2 Å². The molecule has 0 saturated carbocycles. The van der Waals surface area contributed by atoms with Gasteiger partial charge in [0.15, 0.2) is 0 Å². The molecule has 1 aromatic heterocycles. The van der Waals surface area contributed by atoms with E-state index in [1.807, 2.05) is 0 Å². The summed E-state index contributed by atoms with van der Waals surface area (Å²) in [6.07, 6.45) is 2.40. The number of carbonyl (C=O) groups is 1. The van der Waals surface area contributed by atoms with Crippen molar-refractivity contribution < 1.29 is 17.9 Å². The number of nitrogen functional groups attached to an aromatic ring is 1. The Bertz CT molecular complexity index is 602. The van der Waals surface area contributed by atoms with Crippen molar-refractivity contribution in [1.29, 1.82) is 0 Å². The molecule has 1 aromatic rings. The van der Waals surface area contributed by atoms with Crippen LogP contribution in [-0.2, 0) is 19.7 Å². The van der Waals surface area contributed by atoms with E-state index in [1.54, 1.807) is 6.92 Å². The van der Waals surface area contributed by atoms with Gasteiger partial charge in [0, 0.05) is 6.54 Å².